The van der Waals surface area contributed by atoms with Gasteiger partial charge < -0.3 is 24.8 Å². The van der Waals surface area contributed by atoms with Crippen LogP contribution in [0, 0.1) is 0 Å². The topological polar surface area (TPSA) is 67.4 Å². The highest BCUT2D eigenvalue weighted by atomic mass is 127. The maximum Gasteiger partial charge on any atom is 0.191 e. The molecule has 0 atom stereocenters. The van der Waals surface area contributed by atoms with Crippen molar-refractivity contribution in [2.45, 2.75) is 63.0 Å². The highest BCUT2D eigenvalue weighted by Crippen LogP contribution is 2.33. The molecular weight excluding hydrogens is 483 g/mol. The minimum Gasteiger partial charge on any atom is -0.381 e. The minimum absolute atomic E-state index is 0. The average Bonchev–Trinajstić information content (AvgIpc) is 2.77. The van der Waals surface area contributed by atoms with Crippen LogP contribution < -0.4 is 10.6 Å². The fraction of sp³-hybridized carbons (Fsp3) is 0.952. The molecule has 2 saturated heterocycles. The Morgan fingerprint density at radius 2 is 1.72 bits per heavy atom. The predicted octanol–water partition coefficient (Wildman–Crippen LogP) is 2.39. The fourth-order valence-corrected chi connectivity index (χ4v) is 4.69. The molecule has 7 nitrogen and oxygen atoms in total. The van der Waals surface area contributed by atoms with E-state index < -0.39 is 0 Å². The van der Waals surface area contributed by atoms with Gasteiger partial charge in [-0.3, -0.25) is 9.89 Å². The molecule has 0 spiro atoms. The molecule has 3 aliphatic rings. The van der Waals surface area contributed by atoms with Crippen molar-refractivity contribution in [1.29, 1.82) is 0 Å². The monoisotopic (exact) mass is 524 g/mol. The smallest absolute Gasteiger partial charge is 0.191 e. The number of morpholine rings is 1. The highest BCUT2D eigenvalue weighted by Gasteiger charge is 2.38. The number of nitrogens with zero attached hydrogens (tertiary/aromatic N) is 2. The second-order valence-electron chi connectivity index (χ2n) is 8.27. The van der Waals surface area contributed by atoms with Gasteiger partial charge in [0.15, 0.2) is 5.96 Å². The van der Waals surface area contributed by atoms with E-state index in [1.54, 1.807) is 0 Å². The summed E-state index contributed by atoms with van der Waals surface area (Å²) >= 11 is 0. The van der Waals surface area contributed by atoms with Gasteiger partial charge in [-0.15, -0.1) is 24.0 Å². The largest absolute Gasteiger partial charge is 0.381 e. The van der Waals surface area contributed by atoms with E-state index in [-0.39, 0.29) is 29.5 Å². The van der Waals surface area contributed by atoms with E-state index in [4.69, 9.17) is 14.2 Å². The van der Waals surface area contributed by atoms with Crippen LogP contribution in [-0.2, 0) is 14.2 Å². The van der Waals surface area contributed by atoms with Gasteiger partial charge in [-0.05, 0) is 32.1 Å². The van der Waals surface area contributed by atoms with E-state index in [0.29, 0.717) is 6.10 Å². The van der Waals surface area contributed by atoms with Gasteiger partial charge in [-0.25, -0.2) is 0 Å². The lowest BCUT2D eigenvalue weighted by atomic mass is 9.80. The van der Waals surface area contributed by atoms with Crippen LogP contribution in [0.3, 0.4) is 0 Å². The number of nitrogens with one attached hydrogen (secondary N) is 2. The minimum atomic E-state index is 0. The van der Waals surface area contributed by atoms with Gasteiger partial charge in [-0.2, -0.15) is 0 Å². The third-order valence-corrected chi connectivity index (χ3v) is 6.41. The summed E-state index contributed by atoms with van der Waals surface area (Å²) < 4.78 is 16.9. The summed E-state index contributed by atoms with van der Waals surface area (Å²) in [5, 5.41) is 7.07. The van der Waals surface area contributed by atoms with Crippen LogP contribution in [0.5, 0.6) is 0 Å². The van der Waals surface area contributed by atoms with Gasteiger partial charge >= 0.3 is 0 Å². The van der Waals surface area contributed by atoms with Crippen LogP contribution in [-0.4, -0.2) is 88.8 Å². The molecule has 2 heterocycles. The van der Waals surface area contributed by atoms with Crippen molar-refractivity contribution in [3.63, 3.8) is 0 Å². The molecule has 1 aliphatic carbocycles. The molecule has 0 aromatic rings. The van der Waals surface area contributed by atoms with Gasteiger partial charge in [-0.1, -0.05) is 19.3 Å². The Balaban J connectivity index is 0.00000300. The summed E-state index contributed by atoms with van der Waals surface area (Å²) in [6, 6.07) is 0. The molecule has 0 bridgehead atoms. The first-order chi connectivity index (χ1) is 13.8. The molecular formula is C21H41IN4O3. The van der Waals surface area contributed by atoms with E-state index in [1.807, 2.05) is 7.05 Å². The Bertz CT molecular complexity index is 463. The second-order valence-corrected chi connectivity index (χ2v) is 8.27. The summed E-state index contributed by atoms with van der Waals surface area (Å²) in [6.07, 6.45) is 10.00. The van der Waals surface area contributed by atoms with Crippen LogP contribution >= 0.6 is 24.0 Å². The van der Waals surface area contributed by atoms with Crippen LogP contribution in [0.1, 0.15) is 51.4 Å². The Kier molecular flexibility index (Phi) is 12.1. The lowest BCUT2D eigenvalue weighted by molar-refractivity contribution is -0.0353. The number of aliphatic imine (C=N–C) groups is 1. The standard InChI is InChI=1S/C21H40N4O3.HI/c1-22-20(23-10-5-13-28-19-6-14-26-15-7-19)24-18-21(8-3-2-4-9-21)25-11-16-27-17-12-25;/h19H,2-18H2,1H3,(H2,22,23,24);1H. The molecule has 0 aromatic heterocycles. The Morgan fingerprint density at radius 1 is 1.03 bits per heavy atom. The fourth-order valence-electron chi connectivity index (χ4n) is 4.69. The Morgan fingerprint density at radius 3 is 2.41 bits per heavy atom. The summed E-state index contributed by atoms with van der Waals surface area (Å²) in [5.74, 6) is 0.907. The SMILES string of the molecule is CN=C(NCCCOC1CCOCC1)NCC1(N2CCOCC2)CCCCC1.I. The number of halogens is 1. The quantitative estimate of drug-likeness (QED) is 0.220. The first-order valence-electron chi connectivity index (χ1n) is 11.3. The van der Waals surface area contributed by atoms with Crippen LogP contribution in [0.25, 0.3) is 0 Å². The molecule has 2 N–H and O–H groups in total. The van der Waals surface area contributed by atoms with Crippen LogP contribution in [0.4, 0.5) is 0 Å². The predicted molar refractivity (Wildman–Crippen MR) is 127 cm³/mol. The Labute approximate surface area is 193 Å². The number of rotatable bonds is 8. The van der Waals surface area contributed by atoms with Crippen molar-refractivity contribution < 1.29 is 14.2 Å². The molecule has 0 unspecified atom stereocenters. The lowest BCUT2D eigenvalue weighted by Crippen LogP contribution is -2.60. The first-order valence-corrected chi connectivity index (χ1v) is 11.3. The molecule has 29 heavy (non-hydrogen) atoms. The van der Waals surface area contributed by atoms with E-state index in [0.717, 1.165) is 84.4 Å². The molecule has 0 amide bonds. The normalized spacial score (nSPS) is 24.0. The maximum absolute atomic E-state index is 5.95. The number of hydrogen-bond acceptors (Lipinski definition) is 5. The van der Waals surface area contributed by atoms with Gasteiger partial charge in [0.1, 0.15) is 0 Å². The average molecular weight is 524 g/mol. The maximum atomic E-state index is 5.95. The van der Waals surface area contributed by atoms with Crippen molar-refractivity contribution in [2.75, 3.05) is 66.3 Å². The van der Waals surface area contributed by atoms with E-state index in [1.165, 1.54) is 32.1 Å². The van der Waals surface area contributed by atoms with Crippen molar-refractivity contribution in [1.82, 2.24) is 15.5 Å². The highest BCUT2D eigenvalue weighted by molar-refractivity contribution is 14.0. The molecule has 8 heteroatoms. The lowest BCUT2D eigenvalue weighted by Gasteiger charge is -2.48. The summed E-state index contributed by atoms with van der Waals surface area (Å²) in [4.78, 5) is 7.09. The van der Waals surface area contributed by atoms with Crippen LogP contribution in [0.2, 0.25) is 0 Å². The zero-order valence-electron chi connectivity index (χ0n) is 18.1. The second kappa shape index (κ2) is 14.0. The molecule has 0 radical (unpaired) electrons. The van der Waals surface area contributed by atoms with Crippen LogP contribution in [0.15, 0.2) is 4.99 Å². The van der Waals surface area contributed by atoms with Gasteiger partial charge in [0, 0.05) is 58.6 Å². The van der Waals surface area contributed by atoms with Gasteiger partial charge in [0.25, 0.3) is 0 Å². The Hall–Kier alpha value is -0.160. The first kappa shape index (κ1) is 25.1. The zero-order chi connectivity index (χ0) is 19.5. The third kappa shape index (κ3) is 8.12. The molecule has 0 aromatic carbocycles. The third-order valence-electron chi connectivity index (χ3n) is 6.41. The van der Waals surface area contributed by atoms with Crippen molar-refractivity contribution in [3.8, 4) is 0 Å². The number of guanidine groups is 1. The van der Waals surface area contributed by atoms with Crippen molar-refractivity contribution in [2.24, 2.45) is 4.99 Å². The summed E-state index contributed by atoms with van der Waals surface area (Å²) in [6.45, 7) is 8.15. The van der Waals surface area contributed by atoms with E-state index in [9.17, 15) is 0 Å². The summed E-state index contributed by atoms with van der Waals surface area (Å²) in [5.41, 5.74) is 0.256. The van der Waals surface area contributed by atoms with Crippen molar-refractivity contribution in [3.05, 3.63) is 0 Å². The number of ether oxygens (including phenoxy) is 3. The molecule has 2 aliphatic heterocycles. The number of hydrogen-bond donors (Lipinski definition) is 2. The van der Waals surface area contributed by atoms with Gasteiger partial charge in [0.2, 0.25) is 0 Å². The molecule has 3 fully saturated rings. The van der Waals surface area contributed by atoms with E-state index in [2.05, 4.69) is 20.5 Å². The molecule has 1 saturated carbocycles. The van der Waals surface area contributed by atoms with Crippen molar-refractivity contribution >= 4 is 29.9 Å². The molecule has 170 valence electrons. The van der Waals surface area contributed by atoms with Gasteiger partial charge in [0.05, 0.1) is 19.3 Å². The summed E-state index contributed by atoms with van der Waals surface area (Å²) in [7, 11) is 1.86. The molecule has 3 rings (SSSR count). The van der Waals surface area contributed by atoms with E-state index >= 15 is 0 Å². The zero-order valence-corrected chi connectivity index (χ0v) is 20.5.